The number of fused-ring (bicyclic) bond motifs is 5. The van der Waals surface area contributed by atoms with Crippen LogP contribution in [0.25, 0.3) is 0 Å². The Hall–Kier alpha value is -2.05. The third kappa shape index (κ3) is 7.11. The third-order valence-electron chi connectivity index (χ3n) is 13.0. The second-order valence-electron chi connectivity index (χ2n) is 15.4. The van der Waals surface area contributed by atoms with Crippen molar-refractivity contribution in [1.82, 2.24) is 5.32 Å². The molecule has 1 N–H and O–H groups in total. The molecule has 0 aromatic heterocycles. The largest absolute Gasteiger partial charge is 0.469 e. The van der Waals surface area contributed by atoms with Crippen LogP contribution in [-0.4, -0.2) is 44.4 Å². The van der Waals surface area contributed by atoms with Crippen LogP contribution in [-0.2, 0) is 23.8 Å². The summed E-state index contributed by atoms with van der Waals surface area (Å²) >= 11 is 0. The molecule has 0 spiro atoms. The van der Waals surface area contributed by atoms with Crippen LogP contribution >= 0.6 is 0 Å². The van der Waals surface area contributed by atoms with Crippen LogP contribution in [0.15, 0.2) is 11.6 Å². The maximum absolute atomic E-state index is 12.8. The number of hydrogen-bond donors (Lipinski definition) is 1. The predicted octanol–water partition coefficient (Wildman–Crippen LogP) is 7.86. The van der Waals surface area contributed by atoms with Crippen LogP contribution in [0.3, 0.4) is 0 Å². The van der Waals surface area contributed by atoms with Gasteiger partial charge in [0.1, 0.15) is 12.1 Å². The van der Waals surface area contributed by atoms with Gasteiger partial charge < -0.3 is 19.5 Å². The van der Waals surface area contributed by atoms with Gasteiger partial charge in [-0.25, -0.2) is 9.59 Å². The van der Waals surface area contributed by atoms with E-state index in [1.807, 2.05) is 0 Å². The summed E-state index contributed by atoms with van der Waals surface area (Å²) in [4.78, 5) is 36.6. The van der Waals surface area contributed by atoms with Crippen LogP contribution in [0.2, 0.25) is 0 Å². The Bertz CT molecular complexity index is 1040. The molecule has 4 aliphatic carbocycles. The fourth-order valence-corrected chi connectivity index (χ4v) is 9.85. The van der Waals surface area contributed by atoms with Gasteiger partial charge in [0.15, 0.2) is 0 Å². The Balaban J connectivity index is 1.37. The highest BCUT2D eigenvalue weighted by Crippen LogP contribution is 2.67. The monoisotopic (exact) mass is 601 g/mol. The summed E-state index contributed by atoms with van der Waals surface area (Å²) in [6.07, 6.45) is 13.7. The van der Waals surface area contributed by atoms with E-state index in [0.717, 1.165) is 61.2 Å². The first-order chi connectivity index (χ1) is 20.3. The molecule has 0 heterocycles. The highest BCUT2D eigenvalue weighted by Gasteiger charge is 2.59. The summed E-state index contributed by atoms with van der Waals surface area (Å²) < 4.78 is 15.3. The molecule has 0 radical (unpaired) electrons. The highest BCUT2D eigenvalue weighted by molar-refractivity contribution is 5.82. The van der Waals surface area contributed by atoms with E-state index < -0.39 is 24.1 Å². The molecule has 4 rings (SSSR count). The number of esters is 2. The van der Waals surface area contributed by atoms with Gasteiger partial charge in [0.05, 0.1) is 14.2 Å². The second-order valence-corrected chi connectivity index (χ2v) is 15.4. The number of alkyl carbamates (subject to hydrolysis) is 1. The van der Waals surface area contributed by atoms with E-state index in [1.165, 1.54) is 58.3 Å². The van der Waals surface area contributed by atoms with Crippen molar-refractivity contribution in [2.24, 2.45) is 52.3 Å². The molecule has 10 unspecified atom stereocenters. The van der Waals surface area contributed by atoms with Crippen molar-refractivity contribution in [2.45, 2.75) is 131 Å². The first kappa shape index (κ1) is 33.8. The fourth-order valence-electron chi connectivity index (χ4n) is 9.85. The Morgan fingerprint density at radius 1 is 0.930 bits per heavy atom. The van der Waals surface area contributed by atoms with Gasteiger partial charge in [-0.2, -0.15) is 0 Å². The molecule has 10 atom stereocenters. The number of hydrogen-bond acceptors (Lipinski definition) is 6. The quantitative estimate of drug-likeness (QED) is 0.147. The summed E-state index contributed by atoms with van der Waals surface area (Å²) in [5.74, 6) is 4.45. The normalized spacial score (nSPS) is 35.4. The zero-order chi connectivity index (χ0) is 31.5. The summed E-state index contributed by atoms with van der Waals surface area (Å²) in [5.41, 5.74) is 2.10. The zero-order valence-electron chi connectivity index (χ0n) is 28.2. The first-order valence-electron chi connectivity index (χ1n) is 17.1. The van der Waals surface area contributed by atoms with Crippen LogP contribution < -0.4 is 5.32 Å². The maximum Gasteiger partial charge on any atom is 0.408 e. The molecule has 0 aromatic rings. The zero-order valence-corrected chi connectivity index (χ0v) is 28.2. The van der Waals surface area contributed by atoms with Gasteiger partial charge in [-0.15, -0.1) is 0 Å². The van der Waals surface area contributed by atoms with Gasteiger partial charge in [0.25, 0.3) is 0 Å². The minimum atomic E-state index is -0.951. The number of methoxy groups -OCH3 is 2. The van der Waals surface area contributed by atoms with Crippen LogP contribution in [0.5, 0.6) is 0 Å². The van der Waals surface area contributed by atoms with E-state index in [9.17, 15) is 14.4 Å². The van der Waals surface area contributed by atoms with E-state index in [4.69, 9.17) is 9.47 Å². The lowest BCUT2D eigenvalue weighted by molar-refractivity contribution is -0.144. The van der Waals surface area contributed by atoms with Gasteiger partial charge in [-0.05, 0) is 104 Å². The topological polar surface area (TPSA) is 90.9 Å². The molecule has 7 nitrogen and oxygen atoms in total. The number of nitrogens with one attached hydrogen (secondary N) is 1. The second kappa shape index (κ2) is 13.9. The van der Waals surface area contributed by atoms with E-state index in [1.54, 1.807) is 0 Å². The van der Waals surface area contributed by atoms with Gasteiger partial charge in [0, 0.05) is 12.8 Å². The number of carbonyl (C=O) groups is 3. The summed E-state index contributed by atoms with van der Waals surface area (Å²) in [6, 6.07) is -0.951. The van der Waals surface area contributed by atoms with Crippen molar-refractivity contribution < 1.29 is 28.6 Å². The summed E-state index contributed by atoms with van der Waals surface area (Å²) in [6.45, 7) is 14.8. The number of allylic oxidation sites excluding steroid dienone is 1. The van der Waals surface area contributed by atoms with E-state index >= 15 is 0 Å². The lowest BCUT2D eigenvalue weighted by Crippen LogP contribution is -2.51. The lowest BCUT2D eigenvalue weighted by atomic mass is 9.47. The summed E-state index contributed by atoms with van der Waals surface area (Å²) in [5, 5.41) is 2.62. The average Bonchev–Trinajstić information content (AvgIpc) is 3.34. The van der Waals surface area contributed by atoms with E-state index in [2.05, 4.69) is 57.7 Å². The fraction of sp³-hybridized carbons (Fsp3) is 0.861. The molecule has 3 fully saturated rings. The molecule has 1 amide bonds. The SMILES string of the molecule is COC(=O)CCC(NC(=O)OC1CCC2(C)C(=CCC3C2CCC2(C)C(C(C)CCC(C)C(C)C)CCC32)C1)C(=O)OC. The molecule has 0 aliphatic heterocycles. The molecule has 244 valence electrons. The van der Waals surface area contributed by atoms with Crippen molar-refractivity contribution in [3.8, 4) is 0 Å². The number of carbonyl (C=O) groups excluding carboxylic acids is 3. The molecule has 0 aromatic carbocycles. The third-order valence-corrected chi connectivity index (χ3v) is 13.0. The van der Waals surface area contributed by atoms with Crippen molar-refractivity contribution in [1.29, 1.82) is 0 Å². The average molecular weight is 602 g/mol. The van der Waals surface area contributed by atoms with Crippen LogP contribution in [0.4, 0.5) is 4.79 Å². The Morgan fingerprint density at radius 3 is 2.35 bits per heavy atom. The van der Waals surface area contributed by atoms with Crippen LogP contribution in [0.1, 0.15) is 119 Å². The van der Waals surface area contributed by atoms with Crippen molar-refractivity contribution >= 4 is 18.0 Å². The van der Waals surface area contributed by atoms with E-state index in [0.29, 0.717) is 11.3 Å². The highest BCUT2D eigenvalue weighted by atomic mass is 16.6. The number of rotatable bonds is 11. The van der Waals surface area contributed by atoms with Gasteiger partial charge >= 0.3 is 18.0 Å². The Labute approximate surface area is 260 Å². The van der Waals surface area contributed by atoms with Gasteiger partial charge in [-0.1, -0.05) is 66.0 Å². The predicted molar refractivity (Wildman–Crippen MR) is 168 cm³/mol. The first-order valence-corrected chi connectivity index (χ1v) is 17.1. The minimum absolute atomic E-state index is 0.00477. The van der Waals surface area contributed by atoms with Crippen LogP contribution in [0, 0.1) is 52.3 Å². The Kier molecular flexibility index (Phi) is 11.0. The molecule has 7 heteroatoms. The van der Waals surface area contributed by atoms with E-state index in [-0.39, 0.29) is 24.4 Å². The lowest BCUT2D eigenvalue weighted by Gasteiger charge is -2.58. The standard InChI is InChI=1S/C36H59NO6/c1-22(2)23(3)9-10-24(4)28-13-14-29-27-12-11-25-21-26(17-19-35(25,5)30(27)18-20-36(28,29)6)43-34(40)37-31(33(39)42-8)15-16-32(38)41-7/h11,22-24,26-31H,9-10,12-21H2,1-8H3,(H,37,40). The van der Waals surface area contributed by atoms with Gasteiger partial charge in [-0.3, -0.25) is 4.79 Å². The number of ether oxygens (including phenoxy) is 3. The number of amides is 1. The molecule has 3 saturated carbocycles. The van der Waals surface area contributed by atoms with Crippen molar-refractivity contribution in [3.05, 3.63) is 11.6 Å². The Morgan fingerprint density at radius 2 is 1.67 bits per heavy atom. The maximum atomic E-state index is 12.8. The minimum Gasteiger partial charge on any atom is -0.469 e. The summed E-state index contributed by atoms with van der Waals surface area (Å²) in [7, 11) is 2.56. The molecule has 43 heavy (non-hydrogen) atoms. The smallest absolute Gasteiger partial charge is 0.408 e. The van der Waals surface area contributed by atoms with Crippen molar-refractivity contribution in [3.63, 3.8) is 0 Å². The molecular formula is C36H59NO6. The molecular weight excluding hydrogens is 542 g/mol. The molecule has 0 bridgehead atoms. The van der Waals surface area contributed by atoms with Crippen molar-refractivity contribution in [2.75, 3.05) is 14.2 Å². The molecule has 4 aliphatic rings. The van der Waals surface area contributed by atoms with Gasteiger partial charge in [0.2, 0.25) is 0 Å². The molecule has 0 saturated heterocycles.